The second-order valence-electron chi connectivity index (χ2n) is 5.54. The van der Waals surface area contributed by atoms with E-state index in [2.05, 4.69) is 4.90 Å². The van der Waals surface area contributed by atoms with Gasteiger partial charge in [-0.25, -0.2) is 4.39 Å². The average molecular weight is 313 g/mol. The molecule has 0 amide bonds. The van der Waals surface area contributed by atoms with Crippen molar-refractivity contribution in [2.45, 2.75) is 18.0 Å². The number of rotatable bonds is 4. The molecule has 0 aliphatic carbocycles. The minimum atomic E-state index is -0.526. The van der Waals surface area contributed by atoms with Gasteiger partial charge in [-0.1, -0.05) is 11.6 Å². The Balaban J connectivity index is 1.50. The lowest BCUT2D eigenvalue weighted by molar-refractivity contribution is -0.110. The smallest absolute Gasteiger partial charge is 0.152 e. The fraction of sp³-hybridized carbons (Fsp3) is 0.533. The zero-order chi connectivity index (χ0) is 14.8. The van der Waals surface area contributed by atoms with E-state index in [4.69, 9.17) is 16.3 Å². The molecule has 4 nitrogen and oxygen atoms in total. The Morgan fingerprint density at radius 1 is 1.38 bits per heavy atom. The largest absolute Gasteiger partial charge is 0.488 e. The van der Waals surface area contributed by atoms with Gasteiger partial charge in [-0.3, -0.25) is 9.80 Å². The van der Waals surface area contributed by atoms with Gasteiger partial charge in [0, 0.05) is 44.7 Å². The van der Waals surface area contributed by atoms with Crippen LogP contribution < -0.4 is 4.74 Å². The molecule has 0 aromatic heterocycles. The van der Waals surface area contributed by atoms with E-state index in [1.807, 2.05) is 4.90 Å². The average Bonchev–Trinajstić information content (AvgIpc) is 2.88. The van der Waals surface area contributed by atoms with E-state index in [9.17, 15) is 9.18 Å². The van der Waals surface area contributed by atoms with E-state index in [1.165, 1.54) is 6.07 Å². The zero-order valence-electron chi connectivity index (χ0n) is 11.7. The van der Waals surface area contributed by atoms with Crippen molar-refractivity contribution in [2.75, 3.05) is 32.7 Å². The van der Waals surface area contributed by atoms with E-state index in [1.54, 1.807) is 12.1 Å². The summed E-state index contributed by atoms with van der Waals surface area (Å²) >= 11 is 5.92. The van der Waals surface area contributed by atoms with Gasteiger partial charge in [-0.05, 0) is 18.2 Å². The van der Waals surface area contributed by atoms with Gasteiger partial charge < -0.3 is 9.53 Å². The van der Waals surface area contributed by atoms with Gasteiger partial charge >= 0.3 is 0 Å². The first-order valence-electron chi connectivity index (χ1n) is 7.16. The number of carbonyl (C=O) groups excluding carboxylic acids is 1. The van der Waals surface area contributed by atoms with E-state index >= 15 is 0 Å². The Hall–Kier alpha value is -1.17. The first kappa shape index (κ1) is 14.8. The summed E-state index contributed by atoms with van der Waals surface area (Å²) in [5, 5.41) is 0. The number of piperazine rings is 1. The summed E-state index contributed by atoms with van der Waals surface area (Å²) in [6.45, 7) is 4.10. The van der Waals surface area contributed by atoms with Crippen LogP contribution in [0.2, 0.25) is 0 Å². The maximum absolute atomic E-state index is 13.2. The topological polar surface area (TPSA) is 32.8 Å². The van der Waals surface area contributed by atoms with Crippen LogP contribution in [0.5, 0.6) is 5.75 Å². The summed E-state index contributed by atoms with van der Waals surface area (Å²) in [6.07, 6.45) is 1.59. The van der Waals surface area contributed by atoms with Crippen LogP contribution in [0.15, 0.2) is 18.2 Å². The molecular formula is C15H18ClFN2O2. The van der Waals surface area contributed by atoms with Gasteiger partial charge in [0.25, 0.3) is 0 Å². The van der Waals surface area contributed by atoms with Gasteiger partial charge in [0.2, 0.25) is 0 Å². The van der Waals surface area contributed by atoms with Gasteiger partial charge in [-0.15, -0.1) is 0 Å². The highest BCUT2D eigenvalue weighted by atomic mass is 35.5. The molecule has 0 bridgehead atoms. The zero-order valence-corrected chi connectivity index (χ0v) is 12.4. The molecular weight excluding hydrogens is 295 g/mol. The lowest BCUT2D eigenvalue weighted by Crippen LogP contribution is -2.51. The third-order valence-corrected chi connectivity index (χ3v) is 4.47. The lowest BCUT2D eigenvalue weighted by atomic mass is 10.1. The summed E-state index contributed by atoms with van der Waals surface area (Å²) in [4.78, 5) is 14.9. The second kappa shape index (κ2) is 6.30. The molecule has 6 heteroatoms. The van der Waals surface area contributed by atoms with Gasteiger partial charge in [0.1, 0.15) is 23.2 Å². The highest BCUT2D eigenvalue weighted by Gasteiger charge is 2.28. The molecule has 114 valence electrons. The van der Waals surface area contributed by atoms with E-state index in [0.717, 1.165) is 56.7 Å². The SMILES string of the molecule is O=CC(Cl)N1CCN(CC2Cc3cc(F)ccc3O2)CC1. The summed E-state index contributed by atoms with van der Waals surface area (Å²) in [5.74, 6) is 0.579. The monoisotopic (exact) mass is 312 g/mol. The fourth-order valence-corrected chi connectivity index (χ4v) is 3.15. The number of fused-ring (bicyclic) bond motifs is 1. The first-order chi connectivity index (χ1) is 10.2. The number of benzene rings is 1. The quantitative estimate of drug-likeness (QED) is 0.479. The highest BCUT2D eigenvalue weighted by molar-refractivity contribution is 6.27. The number of nitrogens with zero attached hydrogens (tertiary/aromatic N) is 2. The molecule has 1 aromatic carbocycles. The Morgan fingerprint density at radius 3 is 2.86 bits per heavy atom. The van der Waals surface area contributed by atoms with Crippen LogP contribution in [0.25, 0.3) is 0 Å². The van der Waals surface area contributed by atoms with Gasteiger partial charge in [0.05, 0.1) is 0 Å². The van der Waals surface area contributed by atoms with Crippen LogP contribution >= 0.6 is 11.6 Å². The van der Waals surface area contributed by atoms with Crippen LogP contribution in [0.1, 0.15) is 5.56 Å². The number of hydrogen-bond donors (Lipinski definition) is 0. The molecule has 0 spiro atoms. The van der Waals surface area contributed by atoms with Crippen molar-refractivity contribution in [1.29, 1.82) is 0 Å². The molecule has 21 heavy (non-hydrogen) atoms. The number of ether oxygens (including phenoxy) is 1. The van der Waals surface area contributed by atoms with Crippen molar-refractivity contribution in [3.8, 4) is 5.75 Å². The molecule has 2 atom stereocenters. The normalized spacial score (nSPS) is 24.4. The molecule has 1 aromatic rings. The minimum Gasteiger partial charge on any atom is -0.488 e. The summed E-state index contributed by atoms with van der Waals surface area (Å²) in [6, 6.07) is 4.68. The van der Waals surface area contributed by atoms with Crippen molar-refractivity contribution in [3.05, 3.63) is 29.6 Å². The molecule has 3 rings (SSSR count). The first-order valence-corrected chi connectivity index (χ1v) is 7.60. The van der Waals surface area contributed by atoms with Gasteiger partial charge in [0.15, 0.2) is 6.29 Å². The number of carbonyl (C=O) groups is 1. The van der Waals surface area contributed by atoms with E-state index < -0.39 is 5.50 Å². The Morgan fingerprint density at radius 2 is 2.14 bits per heavy atom. The third kappa shape index (κ3) is 3.36. The van der Waals surface area contributed by atoms with Crippen molar-refractivity contribution in [2.24, 2.45) is 0 Å². The third-order valence-electron chi connectivity index (χ3n) is 4.09. The molecule has 0 saturated carbocycles. The maximum Gasteiger partial charge on any atom is 0.152 e. The van der Waals surface area contributed by atoms with Crippen molar-refractivity contribution < 1.29 is 13.9 Å². The number of alkyl halides is 1. The predicted octanol–water partition coefficient (Wildman–Crippen LogP) is 1.51. The van der Waals surface area contributed by atoms with Crippen molar-refractivity contribution in [3.63, 3.8) is 0 Å². The van der Waals surface area contributed by atoms with E-state index in [0.29, 0.717) is 0 Å². The molecule has 2 aliphatic rings. The summed E-state index contributed by atoms with van der Waals surface area (Å²) in [5.41, 5.74) is 0.419. The standard InChI is InChI=1S/C15H18ClFN2O2/c16-15(10-20)19-5-3-18(4-6-19)9-13-8-11-7-12(17)1-2-14(11)21-13/h1-2,7,10,13,15H,3-6,8-9H2. The number of hydrogen-bond acceptors (Lipinski definition) is 4. The molecule has 2 aliphatic heterocycles. The van der Waals surface area contributed by atoms with Crippen LogP contribution in [0.4, 0.5) is 4.39 Å². The van der Waals surface area contributed by atoms with Crippen molar-refractivity contribution in [1.82, 2.24) is 9.80 Å². The second-order valence-corrected chi connectivity index (χ2v) is 5.99. The lowest BCUT2D eigenvalue weighted by Gasteiger charge is -2.36. The molecule has 1 fully saturated rings. The Bertz CT molecular complexity index is 520. The fourth-order valence-electron chi connectivity index (χ4n) is 2.96. The molecule has 2 unspecified atom stereocenters. The number of aldehydes is 1. The van der Waals surface area contributed by atoms with Gasteiger partial charge in [-0.2, -0.15) is 0 Å². The summed E-state index contributed by atoms with van der Waals surface area (Å²) in [7, 11) is 0. The van der Waals surface area contributed by atoms with Crippen molar-refractivity contribution >= 4 is 17.9 Å². The molecule has 0 radical (unpaired) electrons. The highest BCUT2D eigenvalue weighted by Crippen LogP contribution is 2.29. The van der Waals surface area contributed by atoms with Crippen LogP contribution in [0, 0.1) is 5.82 Å². The predicted molar refractivity (Wildman–Crippen MR) is 78.2 cm³/mol. The van der Waals surface area contributed by atoms with Crippen LogP contribution in [0.3, 0.4) is 0 Å². The maximum atomic E-state index is 13.2. The molecule has 1 saturated heterocycles. The Kier molecular flexibility index (Phi) is 4.42. The van der Waals surface area contributed by atoms with Crippen LogP contribution in [-0.4, -0.2) is 60.4 Å². The van der Waals surface area contributed by atoms with E-state index in [-0.39, 0.29) is 11.9 Å². The molecule has 0 N–H and O–H groups in total. The minimum absolute atomic E-state index is 0.0752. The molecule has 2 heterocycles. The summed E-state index contributed by atoms with van der Waals surface area (Å²) < 4.78 is 19.0. The Labute approximate surface area is 128 Å². The number of halogens is 2. The van der Waals surface area contributed by atoms with Crippen LogP contribution in [-0.2, 0) is 11.2 Å².